The topological polar surface area (TPSA) is 361 Å². The predicted molar refractivity (Wildman–Crippen MR) is 416 cm³/mol. The SMILES string of the molecule is CCN(C(=O)OC)[C@H]1CN(CCCOC)S(=O)(=O)c2sccc21.CCN(C(=O)OC)[C@H]1C[C@H](C)S(=O)(=O)c2sc(Br)cc21.CCN(C(=O)OC)[C@H]1C[C@H](C)S(=O)(=O)c2sccc21.CCN[C@H]1CN(CCCOC)S(=O)(=O)c2sccc21.CCN[C@H]1C[C@H](C)S(=O)(=O)c2sccc21.COC(=O)Cl.COC(=O)Cl. The van der Waals surface area contributed by atoms with Crippen molar-refractivity contribution in [1.29, 1.82) is 0 Å². The molecule has 0 aromatic carbocycles. The Morgan fingerprint density at radius 3 is 1.20 bits per heavy atom. The second-order valence-electron chi connectivity index (χ2n) is 23.6. The van der Waals surface area contributed by atoms with Crippen LogP contribution in [0.5, 0.6) is 0 Å². The molecule has 0 unspecified atom stereocenters. The third kappa shape index (κ3) is 23.5. The number of amides is 3. The Balaban J connectivity index is 0.000000272. The lowest BCUT2D eigenvalue weighted by Gasteiger charge is -2.37. The third-order valence-electron chi connectivity index (χ3n) is 17.2. The van der Waals surface area contributed by atoms with Crippen LogP contribution in [0, 0.1) is 0 Å². The molecule has 42 heteroatoms. The smallest absolute Gasteiger partial charge is 0.410 e. The van der Waals surface area contributed by atoms with Gasteiger partial charge < -0.3 is 58.5 Å². The van der Waals surface area contributed by atoms with Gasteiger partial charge in [-0.25, -0.2) is 66.1 Å². The summed E-state index contributed by atoms with van der Waals surface area (Å²) in [5.74, 6) is 0. The number of hydrogen-bond donors (Lipinski definition) is 2. The van der Waals surface area contributed by atoms with Crippen LogP contribution in [0.3, 0.4) is 0 Å². The summed E-state index contributed by atoms with van der Waals surface area (Å²) in [5.41, 5.74) is 2.40. The number of thiophene rings is 5. The van der Waals surface area contributed by atoms with E-state index >= 15 is 0 Å². The average molecular weight is 1790 g/mol. The van der Waals surface area contributed by atoms with E-state index in [2.05, 4.69) is 59.2 Å². The van der Waals surface area contributed by atoms with E-state index in [1.807, 2.05) is 57.5 Å². The minimum Gasteiger partial charge on any atom is -0.457 e. The van der Waals surface area contributed by atoms with Crippen LogP contribution in [0.1, 0.15) is 146 Å². The maximum atomic E-state index is 12.7. The fourth-order valence-corrected chi connectivity index (χ4v) is 28.8. The Hall–Kier alpha value is -4.18. The second-order valence-corrected chi connectivity index (χ2v) is 42.2. The Labute approximate surface area is 661 Å². The molecule has 10 heterocycles. The number of hydrogen-bond acceptors (Lipinski definition) is 29. The average Bonchev–Trinajstić information content (AvgIpc) is 1.63. The van der Waals surface area contributed by atoms with E-state index in [1.165, 1.54) is 96.5 Å². The highest BCUT2D eigenvalue weighted by Gasteiger charge is 2.45. The molecule has 8 atom stereocenters. The van der Waals surface area contributed by atoms with Crippen molar-refractivity contribution in [3.63, 3.8) is 0 Å². The summed E-state index contributed by atoms with van der Waals surface area (Å²) >= 11 is 18.8. The van der Waals surface area contributed by atoms with E-state index in [1.54, 1.807) is 83.0 Å². The minimum atomic E-state index is -3.51. The predicted octanol–water partition coefficient (Wildman–Crippen LogP) is 13.0. The van der Waals surface area contributed by atoms with Crippen molar-refractivity contribution in [2.24, 2.45) is 0 Å². The largest absolute Gasteiger partial charge is 0.457 e. The van der Waals surface area contributed by atoms with Crippen molar-refractivity contribution in [3.05, 3.63) is 83.5 Å². The monoisotopic (exact) mass is 1780 g/mol. The molecule has 5 aromatic rings. The lowest BCUT2D eigenvalue weighted by molar-refractivity contribution is 0.0980. The molecule has 0 fully saturated rings. The Bertz CT molecular complexity index is 4260. The first-order chi connectivity index (χ1) is 49.9. The number of carbonyl (C=O) groups is 5. The van der Waals surface area contributed by atoms with Gasteiger partial charge in [-0.1, -0.05) is 13.8 Å². The van der Waals surface area contributed by atoms with Crippen molar-refractivity contribution in [3.8, 4) is 0 Å². The van der Waals surface area contributed by atoms with E-state index in [4.69, 9.17) is 23.7 Å². The summed E-state index contributed by atoms with van der Waals surface area (Å²) in [6, 6.07) is 8.68. The van der Waals surface area contributed by atoms with Crippen LogP contribution in [-0.2, 0) is 82.7 Å². The van der Waals surface area contributed by atoms with Crippen molar-refractivity contribution in [2.45, 2.75) is 154 Å². The van der Waals surface area contributed by atoms with Gasteiger partial charge in [0, 0.05) is 131 Å². The molecular formula is C64H96BrCl2N7O22S10. The zero-order chi connectivity index (χ0) is 79.8. The lowest BCUT2D eigenvalue weighted by Crippen LogP contribution is -2.47. The van der Waals surface area contributed by atoms with Crippen molar-refractivity contribution < 1.29 is 99.2 Å². The Kier molecular flexibility index (Phi) is 38.7. The van der Waals surface area contributed by atoms with Crippen LogP contribution in [0.15, 0.2) is 76.7 Å². The van der Waals surface area contributed by atoms with Gasteiger partial charge in [0.25, 0.3) is 20.0 Å². The van der Waals surface area contributed by atoms with Gasteiger partial charge in [-0.2, -0.15) is 8.61 Å². The van der Waals surface area contributed by atoms with Crippen LogP contribution in [0.2, 0.25) is 0 Å². The molecule has 600 valence electrons. The lowest BCUT2D eigenvalue weighted by atomic mass is 10.0. The minimum absolute atomic E-state index is 0.0947. The molecule has 0 radical (unpaired) electrons. The van der Waals surface area contributed by atoms with Gasteiger partial charge in [0.2, 0.25) is 0 Å². The van der Waals surface area contributed by atoms with Crippen LogP contribution in [-0.4, -0.2) is 232 Å². The van der Waals surface area contributed by atoms with E-state index in [0.717, 1.165) is 40.0 Å². The first-order valence-electron chi connectivity index (χ1n) is 33.2. The van der Waals surface area contributed by atoms with E-state index in [9.17, 15) is 66.1 Å². The van der Waals surface area contributed by atoms with Crippen LogP contribution < -0.4 is 10.6 Å². The number of fused-ring (bicyclic) bond motifs is 5. The molecule has 5 aliphatic rings. The van der Waals surface area contributed by atoms with Crippen molar-refractivity contribution in [1.82, 2.24) is 33.9 Å². The molecular weight excluding hydrogens is 1690 g/mol. The van der Waals surface area contributed by atoms with Gasteiger partial charge in [-0.05, 0) is 160 Å². The van der Waals surface area contributed by atoms with Gasteiger partial charge in [-0.15, -0.1) is 56.7 Å². The summed E-state index contributed by atoms with van der Waals surface area (Å²) < 4.78 is 162. The van der Waals surface area contributed by atoms with Gasteiger partial charge in [0.15, 0.2) is 29.5 Å². The standard InChI is InChI=1S/C14H22N2O5S2.C12H16BrNO4S2.C12H20N2O3S2.C12H17NO4S2.C10H15NO2S2.2C2H3ClO2/c1-4-16(14(17)21-3)12-10-15(7-5-8-20-2)23(18,19)13-11(12)6-9-22-13;1-4-14(12(15)18-3)9-5-7(2)20(16,17)11-8(9)6-10(13)19-11;1-3-13-11-9-14(6-4-7-17-2)19(15,16)12-10(11)5-8-18-12;1-4-13(12(14)17-3)10-7-8(2)19(15,16)11-9(10)5-6-18-11;1-3-11-9-6-7(2)15(12,13)10-8(9)4-5-14-10;2*1-5-2(3)4/h6,9,12H,4-5,7-8,10H2,1-3H3;6-7,9H,4-5H2,1-3H3;5,8,11,13H,3-4,6-7,9H2,1-2H3;5-6,8,10H,4,7H2,1-3H3;4-5,7,9,11H,3,6H2,1-2H3;2*1H3/t12-;7-,9-;11-;8-,10-;7-,9-;;/m00000../s1. The molecule has 0 aliphatic carbocycles. The van der Waals surface area contributed by atoms with E-state index < -0.39 is 89.2 Å². The number of methoxy groups -OCH3 is 7. The van der Waals surface area contributed by atoms with Gasteiger partial charge in [0.05, 0.1) is 73.2 Å². The van der Waals surface area contributed by atoms with Crippen molar-refractivity contribution in [2.75, 3.05) is 122 Å². The summed E-state index contributed by atoms with van der Waals surface area (Å²) in [6.45, 7) is 20.6. The number of nitrogens with zero attached hydrogens (tertiary/aromatic N) is 5. The molecule has 29 nitrogen and oxygen atoms in total. The number of likely N-dealkylation sites (N-methyl/N-ethyl adjacent to an activating group) is 2. The Morgan fingerprint density at radius 2 is 0.802 bits per heavy atom. The molecule has 2 N–H and O–H groups in total. The molecule has 0 saturated carbocycles. The van der Waals surface area contributed by atoms with E-state index in [-0.39, 0.29) is 42.0 Å². The summed E-state index contributed by atoms with van der Waals surface area (Å²) in [4.78, 5) is 59.1. The van der Waals surface area contributed by atoms with Gasteiger partial charge in [0.1, 0.15) is 21.0 Å². The number of sulfone groups is 3. The molecule has 106 heavy (non-hydrogen) atoms. The molecule has 5 aliphatic heterocycles. The van der Waals surface area contributed by atoms with Crippen LogP contribution in [0.4, 0.5) is 24.0 Å². The molecule has 0 saturated heterocycles. The normalized spacial score (nSPS) is 22.0. The van der Waals surface area contributed by atoms with E-state index in [0.29, 0.717) is 110 Å². The number of sulfonamides is 2. The summed E-state index contributed by atoms with van der Waals surface area (Å²) in [5, 5.41) is 12.7. The Morgan fingerprint density at radius 1 is 0.472 bits per heavy atom. The quantitative estimate of drug-likeness (QED) is 0.0467. The molecule has 3 amide bonds. The second kappa shape index (κ2) is 43.6. The maximum absolute atomic E-state index is 12.7. The first kappa shape index (κ1) is 94.2. The fourth-order valence-electron chi connectivity index (χ4n) is 11.9. The third-order valence-corrected chi connectivity index (χ3v) is 36.1. The number of ether oxygens (including phenoxy) is 7. The molecule has 10 rings (SSSR count). The molecule has 0 spiro atoms. The molecule has 0 bridgehead atoms. The number of nitrogens with one attached hydrogen (secondary N) is 2. The van der Waals surface area contributed by atoms with Crippen molar-refractivity contribution >= 4 is 175 Å². The highest BCUT2D eigenvalue weighted by molar-refractivity contribution is 9.11. The highest BCUT2D eigenvalue weighted by atomic mass is 79.9. The highest BCUT2D eigenvalue weighted by Crippen LogP contribution is 2.47. The maximum Gasteiger partial charge on any atom is 0.410 e. The van der Waals surface area contributed by atoms with Gasteiger partial charge in [-0.3, -0.25) is 0 Å². The van der Waals surface area contributed by atoms with Crippen LogP contribution >= 0.6 is 95.8 Å². The first-order valence-corrected chi connectivity index (χ1v) is 46.6. The zero-order valence-electron chi connectivity index (χ0n) is 61.6. The number of rotatable bonds is 18. The summed E-state index contributed by atoms with van der Waals surface area (Å²) in [7, 11) is -6.77. The number of carbonyl (C=O) groups excluding carboxylic acids is 5. The summed E-state index contributed by atoms with van der Waals surface area (Å²) in [6.07, 6.45) is 1.50. The molecule has 5 aromatic heterocycles. The van der Waals surface area contributed by atoms with Gasteiger partial charge >= 0.3 is 29.1 Å². The number of halogens is 3. The zero-order valence-corrected chi connectivity index (χ0v) is 72.8. The van der Waals surface area contributed by atoms with Crippen LogP contribution in [0.25, 0.3) is 0 Å². The fraction of sp³-hybridized carbons (Fsp3) is 0.609.